The van der Waals surface area contributed by atoms with Crippen molar-refractivity contribution < 1.29 is 9.90 Å². The van der Waals surface area contributed by atoms with Crippen LogP contribution in [0, 0.1) is 0 Å². The molecule has 1 N–H and O–H groups in total. The molecule has 0 atom stereocenters. The van der Waals surface area contributed by atoms with Crippen LogP contribution in [0.4, 0.5) is 0 Å². The van der Waals surface area contributed by atoms with Gasteiger partial charge in [0.25, 0.3) is 0 Å². The zero-order valence-electron chi connectivity index (χ0n) is 6.01. The van der Waals surface area contributed by atoms with Crippen molar-refractivity contribution in [3.05, 3.63) is 35.9 Å². The van der Waals surface area contributed by atoms with Gasteiger partial charge in [-0.2, -0.15) is 0 Å². The van der Waals surface area contributed by atoms with E-state index in [2.05, 4.69) is 13.2 Å². The minimum absolute atomic E-state index is 0.0624. The molecule has 0 unspecified atom stereocenters. The summed E-state index contributed by atoms with van der Waals surface area (Å²) < 4.78 is 0. The van der Waals surface area contributed by atoms with Gasteiger partial charge in [0.2, 0.25) is 0 Å². The molecule has 60 valence electrons. The molecule has 0 spiro atoms. The van der Waals surface area contributed by atoms with E-state index >= 15 is 0 Å². The van der Waals surface area contributed by atoms with Gasteiger partial charge in [0, 0.05) is 5.03 Å². The van der Waals surface area contributed by atoms with E-state index in [0.29, 0.717) is 10.6 Å². The third-order valence-corrected chi connectivity index (χ3v) is 1.25. The first-order chi connectivity index (χ1) is 5.07. The van der Waals surface area contributed by atoms with Crippen molar-refractivity contribution in [2.45, 2.75) is 6.42 Å². The maximum atomic E-state index is 10.1. The highest BCUT2D eigenvalue weighted by molar-refractivity contribution is 6.31. The third-order valence-electron chi connectivity index (χ3n) is 1.03. The number of hydrogen-bond acceptors (Lipinski definition) is 1. The van der Waals surface area contributed by atoms with E-state index in [0.717, 1.165) is 0 Å². The lowest BCUT2D eigenvalue weighted by Gasteiger charge is -1.95. The molecule has 0 bridgehead atoms. The maximum absolute atomic E-state index is 10.1. The fourth-order valence-corrected chi connectivity index (χ4v) is 0.656. The van der Waals surface area contributed by atoms with E-state index in [1.165, 1.54) is 12.2 Å². The molecule has 0 aliphatic heterocycles. The van der Waals surface area contributed by atoms with E-state index < -0.39 is 5.97 Å². The average molecular weight is 173 g/mol. The normalized spacial score (nSPS) is 10.8. The zero-order chi connectivity index (χ0) is 8.85. The maximum Gasteiger partial charge on any atom is 0.307 e. The number of halogens is 1. The van der Waals surface area contributed by atoms with Crippen molar-refractivity contribution in [1.82, 2.24) is 0 Å². The molecule has 0 saturated heterocycles. The van der Waals surface area contributed by atoms with Gasteiger partial charge in [0.1, 0.15) is 0 Å². The van der Waals surface area contributed by atoms with Gasteiger partial charge >= 0.3 is 5.97 Å². The molecule has 0 aromatic carbocycles. The van der Waals surface area contributed by atoms with Crippen LogP contribution >= 0.6 is 11.6 Å². The van der Waals surface area contributed by atoms with Crippen LogP contribution in [0.5, 0.6) is 0 Å². The molecular weight excluding hydrogens is 164 g/mol. The smallest absolute Gasteiger partial charge is 0.307 e. The lowest BCUT2D eigenvalue weighted by Crippen LogP contribution is -1.91. The van der Waals surface area contributed by atoms with E-state index in [1.807, 2.05) is 0 Å². The lowest BCUT2D eigenvalue weighted by atomic mass is 10.2. The summed E-state index contributed by atoms with van der Waals surface area (Å²) in [5.41, 5.74) is 0.564. The molecule has 0 aromatic heterocycles. The highest BCUT2D eigenvalue weighted by atomic mass is 35.5. The highest BCUT2D eigenvalue weighted by Gasteiger charge is 1.96. The minimum atomic E-state index is -0.901. The number of allylic oxidation sites excluding steroid dienone is 3. The lowest BCUT2D eigenvalue weighted by molar-refractivity contribution is -0.136. The molecule has 11 heavy (non-hydrogen) atoms. The predicted octanol–water partition coefficient (Wildman–Crippen LogP) is 2.33. The van der Waals surface area contributed by atoms with Gasteiger partial charge < -0.3 is 5.11 Å². The Morgan fingerprint density at radius 2 is 2.18 bits per heavy atom. The molecule has 0 saturated carbocycles. The zero-order valence-corrected chi connectivity index (χ0v) is 6.77. The van der Waals surface area contributed by atoms with Gasteiger partial charge in [-0.05, 0) is 5.57 Å². The summed E-state index contributed by atoms with van der Waals surface area (Å²) in [5, 5.41) is 8.59. The summed E-state index contributed by atoms with van der Waals surface area (Å²) in [6.07, 6.45) is 2.87. The molecule has 0 aliphatic rings. The molecule has 3 heteroatoms. The predicted molar refractivity (Wildman–Crippen MR) is 45.5 cm³/mol. The van der Waals surface area contributed by atoms with Crippen molar-refractivity contribution in [1.29, 1.82) is 0 Å². The SMILES string of the molecule is C=CC(=CCC(=O)O)C(=C)Cl. The van der Waals surface area contributed by atoms with Crippen LogP contribution < -0.4 is 0 Å². The summed E-state index contributed by atoms with van der Waals surface area (Å²) >= 11 is 5.50. The van der Waals surface area contributed by atoms with Crippen molar-refractivity contribution >= 4 is 17.6 Å². The van der Waals surface area contributed by atoms with Crippen LogP contribution in [0.3, 0.4) is 0 Å². The molecule has 0 amide bonds. The van der Waals surface area contributed by atoms with Gasteiger partial charge in [-0.3, -0.25) is 4.79 Å². The number of hydrogen-bond donors (Lipinski definition) is 1. The summed E-state index contributed by atoms with van der Waals surface area (Å²) in [7, 11) is 0. The Labute approximate surface area is 70.5 Å². The van der Waals surface area contributed by atoms with Gasteiger partial charge in [-0.15, -0.1) is 0 Å². The molecule has 0 aliphatic carbocycles. The van der Waals surface area contributed by atoms with Crippen LogP contribution in [-0.2, 0) is 4.79 Å². The summed E-state index contributed by atoms with van der Waals surface area (Å²) in [5.74, 6) is -0.901. The summed E-state index contributed by atoms with van der Waals surface area (Å²) in [6, 6.07) is 0. The molecule has 0 rings (SSSR count). The van der Waals surface area contributed by atoms with Gasteiger partial charge in [-0.1, -0.05) is 36.9 Å². The Hall–Kier alpha value is -1.02. The first-order valence-corrected chi connectivity index (χ1v) is 3.35. The Morgan fingerprint density at radius 3 is 2.45 bits per heavy atom. The topological polar surface area (TPSA) is 37.3 Å². The monoisotopic (exact) mass is 172 g/mol. The van der Waals surface area contributed by atoms with Crippen molar-refractivity contribution in [3.63, 3.8) is 0 Å². The van der Waals surface area contributed by atoms with E-state index in [1.54, 1.807) is 0 Å². The van der Waals surface area contributed by atoms with Crippen LogP contribution in [-0.4, -0.2) is 11.1 Å². The number of aliphatic carboxylic acids is 1. The van der Waals surface area contributed by atoms with Crippen LogP contribution in [0.2, 0.25) is 0 Å². The standard InChI is InChI=1S/C8H9ClO2/c1-3-7(6(2)9)4-5-8(10)11/h3-4H,1-2,5H2,(H,10,11). The number of carbonyl (C=O) groups is 1. The number of carboxylic acids is 1. The molecule has 0 heterocycles. The van der Waals surface area contributed by atoms with E-state index in [4.69, 9.17) is 16.7 Å². The molecule has 2 nitrogen and oxygen atoms in total. The van der Waals surface area contributed by atoms with E-state index in [-0.39, 0.29) is 6.42 Å². The second-order valence-corrected chi connectivity index (χ2v) is 2.32. The van der Waals surface area contributed by atoms with Crippen LogP contribution in [0.1, 0.15) is 6.42 Å². The summed E-state index contributed by atoms with van der Waals surface area (Å²) in [4.78, 5) is 10.1. The van der Waals surface area contributed by atoms with Crippen molar-refractivity contribution in [3.8, 4) is 0 Å². The van der Waals surface area contributed by atoms with Gasteiger partial charge in [0.15, 0.2) is 0 Å². The Balaban J connectivity index is 4.24. The summed E-state index contributed by atoms with van der Waals surface area (Å²) in [6.45, 7) is 6.89. The fraction of sp³-hybridized carbons (Fsp3) is 0.125. The Kier molecular flexibility index (Phi) is 4.30. The Bertz CT molecular complexity index is 216. The van der Waals surface area contributed by atoms with Crippen molar-refractivity contribution in [2.24, 2.45) is 0 Å². The first-order valence-electron chi connectivity index (χ1n) is 2.97. The molecule has 0 aromatic rings. The second kappa shape index (κ2) is 4.74. The first kappa shape index (κ1) is 9.98. The Morgan fingerprint density at radius 1 is 1.64 bits per heavy atom. The van der Waals surface area contributed by atoms with E-state index in [9.17, 15) is 4.79 Å². The number of rotatable bonds is 4. The highest BCUT2D eigenvalue weighted by Crippen LogP contribution is 2.13. The fourth-order valence-electron chi connectivity index (χ4n) is 0.502. The molecule has 0 fully saturated rings. The van der Waals surface area contributed by atoms with Crippen LogP contribution in [0.15, 0.2) is 35.9 Å². The van der Waals surface area contributed by atoms with Crippen molar-refractivity contribution in [2.75, 3.05) is 0 Å². The minimum Gasteiger partial charge on any atom is -0.481 e. The van der Waals surface area contributed by atoms with Crippen LogP contribution in [0.25, 0.3) is 0 Å². The number of carboxylic acid groups (broad SMARTS) is 1. The largest absolute Gasteiger partial charge is 0.481 e. The molecule has 0 radical (unpaired) electrons. The third kappa shape index (κ3) is 4.39. The van der Waals surface area contributed by atoms with Gasteiger partial charge in [-0.25, -0.2) is 0 Å². The molecular formula is C8H9ClO2. The quantitative estimate of drug-likeness (QED) is 0.661. The van der Waals surface area contributed by atoms with Gasteiger partial charge in [0.05, 0.1) is 6.42 Å². The second-order valence-electron chi connectivity index (χ2n) is 1.87. The average Bonchev–Trinajstić information content (AvgIpc) is 1.87.